The highest BCUT2D eigenvalue weighted by molar-refractivity contribution is 7.89. The first-order valence-electron chi connectivity index (χ1n) is 7.56. The lowest BCUT2D eigenvalue weighted by atomic mass is 9.87. The number of aryl methyl sites for hydroxylation is 1. The molecule has 21 heavy (non-hydrogen) atoms. The van der Waals surface area contributed by atoms with Gasteiger partial charge in [-0.2, -0.15) is 4.31 Å². The van der Waals surface area contributed by atoms with Gasteiger partial charge in [0, 0.05) is 13.1 Å². The Kier molecular flexibility index (Phi) is 5.07. The Morgan fingerprint density at radius 3 is 2.43 bits per heavy atom. The zero-order valence-corrected chi connectivity index (χ0v) is 13.9. The summed E-state index contributed by atoms with van der Waals surface area (Å²) >= 11 is 0. The van der Waals surface area contributed by atoms with Crippen molar-refractivity contribution in [3.05, 3.63) is 29.3 Å². The van der Waals surface area contributed by atoms with Crippen molar-refractivity contribution in [2.75, 3.05) is 13.1 Å². The molecule has 0 spiro atoms. The van der Waals surface area contributed by atoms with Crippen LogP contribution >= 0.6 is 0 Å². The summed E-state index contributed by atoms with van der Waals surface area (Å²) in [6.45, 7) is 7.31. The van der Waals surface area contributed by atoms with Crippen LogP contribution in [0, 0.1) is 18.8 Å². The van der Waals surface area contributed by atoms with Gasteiger partial charge in [0.25, 0.3) is 0 Å². The Balaban J connectivity index is 2.19. The molecule has 0 aromatic heterocycles. The molecular formula is C16H25NO3S. The molecule has 118 valence electrons. The maximum absolute atomic E-state index is 12.7. The Morgan fingerprint density at radius 2 is 1.90 bits per heavy atom. The van der Waals surface area contributed by atoms with Gasteiger partial charge in [0.15, 0.2) is 0 Å². The van der Waals surface area contributed by atoms with Gasteiger partial charge in [-0.15, -0.1) is 0 Å². The van der Waals surface area contributed by atoms with E-state index in [1.165, 1.54) is 0 Å². The molecule has 0 bridgehead atoms. The van der Waals surface area contributed by atoms with Crippen LogP contribution in [0.3, 0.4) is 0 Å². The molecule has 5 heteroatoms. The lowest BCUT2D eigenvalue weighted by molar-refractivity contribution is 0.226. The minimum atomic E-state index is -3.44. The lowest BCUT2D eigenvalue weighted by Gasteiger charge is -2.33. The second-order valence-corrected chi connectivity index (χ2v) is 8.17. The fourth-order valence-electron chi connectivity index (χ4n) is 2.91. The Bertz CT molecular complexity index is 588. The molecule has 0 amide bonds. The van der Waals surface area contributed by atoms with Gasteiger partial charge in [-0.25, -0.2) is 8.42 Å². The predicted molar refractivity (Wildman–Crippen MR) is 83.4 cm³/mol. The van der Waals surface area contributed by atoms with E-state index >= 15 is 0 Å². The summed E-state index contributed by atoms with van der Waals surface area (Å²) in [7, 11) is -3.44. The molecule has 1 aliphatic heterocycles. The molecule has 0 saturated carbocycles. The molecule has 1 heterocycles. The van der Waals surface area contributed by atoms with Crippen molar-refractivity contribution in [2.45, 2.75) is 45.1 Å². The van der Waals surface area contributed by atoms with Crippen molar-refractivity contribution in [1.29, 1.82) is 0 Å². The molecule has 1 aromatic rings. The van der Waals surface area contributed by atoms with E-state index in [0.717, 1.165) is 18.4 Å². The second-order valence-electron chi connectivity index (χ2n) is 6.23. The van der Waals surface area contributed by atoms with E-state index < -0.39 is 10.0 Å². The third kappa shape index (κ3) is 3.47. The first-order valence-corrected chi connectivity index (χ1v) is 9.00. The number of aliphatic hydroxyl groups excluding tert-OH is 1. The summed E-state index contributed by atoms with van der Waals surface area (Å²) in [6.07, 6.45) is 1.85. The fraction of sp³-hybridized carbons (Fsp3) is 0.625. The monoisotopic (exact) mass is 311 g/mol. The largest absolute Gasteiger partial charge is 0.392 e. The number of benzene rings is 1. The van der Waals surface area contributed by atoms with E-state index in [1.807, 2.05) is 6.92 Å². The standard InChI is InChI=1S/C16H25NO3S/c1-12(2)14-6-8-17(9-7-14)21(19,20)16-5-4-13(3)15(10-16)11-18/h4-5,10,12,14,18H,6-9,11H2,1-3H3. The van der Waals surface area contributed by atoms with Gasteiger partial charge in [0.05, 0.1) is 11.5 Å². The topological polar surface area (TPSA) is 57.6 Å². The minimum Gasteiger partial charge on any atom is -0.392 e. The van der Waals surface area contributed by atoms with E-state index in [-0.39, 0.29) is 6.61 Å². The van der Waals surface area contributed by atoms with E-state index in [2.05, 4.69) is 13.8 Å². The summed E-state index contributed by atoms with van der Waals surface area (Å²) in [5.74, 6) is 1.22. The Hall–Kier alpha value is -0.910. The number of hydrogen-bond acceptors (Lipinski definition) is 3. The van der Waals surface area contributed by atoms with Gasteiger partial charge >= 0.3 is 0 Å². The summed E-state index contributed by atoms with van der Waals surface area (Å²) in [6, 6.07) is 5.00. The molecule has 1 aromatic carbocycles. The fourth-order valence-corrected chi connectivity index (χ4v) is 4.43. The van der Waals surface area contributed by atoms with Gasteiger partial charge in [0.2, 0.25) is 10.0 Å². The zero-order chi connectivity index (χ0) is 15.6. The molecule has 0 radical (unpaired) electrons. The van der Waals surface area contributed by atoms with Crippen LogP contribution in [0.5, 0.6) is 0 Å². The van der Waals surface area contributed by atoms with Crippen LogP contribution in [0.15, 0.2) is 23.1 Å². The Morgan fingerprint density at radius 1 is 1.29 bits per heavy atom. The molecule has 1 saturated heterocycles. The number of hydrogen-bond donors (Lipinski definition) is 1. The maximum Gasteiger partial charge on any atom is 0.243 e. The van der Waals surface area contributed by atoms with Gasteiger partial charge in [-0.05, 0) is 54.9 Å². The number of nitrogens with zero attached hydrogens (tertiary/aromatic N) is 1. The second kappa shape index (κ2) is 6.46. The quantitative estimate of drug-likeness (QED) is 0.929. The normalized spacial score (nSPS) is 18.3. The first kappa shape index (κ1) is 16.5. The van der Waals surface area contributed by atoms with Gasteiger partial charge in [-0.1, -0.05) is 19.9 Å². The molecule has 4 nitrogen and oxygen atoms in total. The third-order valence-corrected chi connectivity index (χ3v) is 6.46. The number of rotatable bonds is 4. The average molecular weight is 311 g/mol. The van der Waals surface area contributed by atoms with Crippen molar-refractivity contribution in [2.24, 2.45) is 11.8 Å². The summed E-state index contributed by atoms with van der Waals surface area (Å²) in [5.41, 5.74) is 1.59. The van der Waals surface area contributed by atoms with Crippen LogP contribution < -0.4 is 0 Å². The molecule has 1 aliphatic rings. The highest BCUT2D eigenvalue weighted by atomic mass is 32.2. The van der Waals surface area contributed by atoms with E-state index in [1.54, 1.807) is 22.5 Å². The van der Waals surface area contributed by atoms with E-state index in [0.29, 0.717) is 35.4 Å². The van der Waals surface area contributed by atoms with Gasteiger partial charge in [0.1, 0.15) is 0 Å². The molecule has 0 atom stereocenters. The van der Waals surface area contributed by atoms with Gasteiger partial charge in [-0.3, -0.25) is 0 Å². The van der Waals surface area contributed by atoms with Crippen molar-refractivity contribution in [1.82, 2.24) is 4.31 Å². The van der Waals surface area contributed by atoms with Crippen LogP contribution in [0.4, 0.5) is 0 Å². The first-order chi connectivity index (χ1) is 9.86. The highest BCUT2D eigenvalue weighted by Gasteiger charge is 2.30. The third-order valence-electron chi connectivity index (χ3n) is 4.57. The van der Waals surface area contributed by atoms with E-state index in [4.69, 9.17) is 0 Å². The average Bonchev–Trinajstić information content (AvgIpc) is 2.47. The van der Waals surface area contributed by atoms with Gasteiger partial charge < -0.3 is 5.11 Å². The van der Waals surface area contributed by atoms with Crippen molar-refractivity contribution < 1.29 is 13.5 Å². The van der Waals surface area contributed by atoms with Crippen LogP contribution in [0.25, 0.3) is 0 Å². The van der Waals surface area contributed by atoms with Crippen molar-refractivity contribution in [3.63, 3.8) is 0 Å². The number of piperidine rings is 1. The summed E-state index contributed by atoms with van der Waals surface area (Å²) in [4.78, 5) is 0.292. The predicted octanol–water partition coefficient (Wildman–Crippen LogP) is 2.54. The van der Waals surface area contributed by atoms with Crippen LogP contribution in [0.1, 0.15) is 37.8 Å². The van der Waals surface area contributed by atoms with Crippen molar-refractivity contribution >= 4 is 10.0 Å². The Labute approximate surface area is 127 Å². The molecular weight excluding hydrogens is 286 g/mol. The molecule has 1 fully saturated rings. The SMILES string of the molecule is Cc1ccc(S(=O)(=O)N2CCC(C(C)C)CC2)cc1CO. The van der Waals surface area contributed by atoms with Crippen LogP contribution in [-0.4, -0.2) is 30.9 Å². The number of aliphatic hydroxyl groups is 1. The maximum atomic E-state index is 12.7. The summed E-state index contributed by atoms with van der Waals surface area (Å²) in [5, 5.41) is 9.31. The van der Waals surface area contributed by atoms with Crippen molar-refractivity contribution in [3.8, 4) is 0 Å². The molecule has 0 unspecified atom stereocenters. The molecule has 2 rings (SSSR count). The zero-order valence-electron chi connectivity index (χ0n) is 13.0. The number of sulfonamides is 1. The van der Waals surface area contributed by atoms with Crippen LogP contribution in [0.2, 0.25) is 0 Å². The molecule has 0 aliphatic carbocycles. The lowest BCUT2D eigenvalue weighted by Crippen LogP contribution is -2.39. The smallest absolute Gasteiger partial charge is 0.243 e. The molecule has 1 N–H and O–H groups in total. The van der Waals surface area contributed by atoms with Crippen LogP contribution in [-0.2, 0) is 16.6 Å². The minimum absolute atomic E-state index is 0.134. The van der Waals surface area contributed by atoms with E-state index in [9.17, 15) is 13.5 Å². The summed E-state index contributed by atoms with van der Waals surface area (Å²) < 4.78 is 27.0. The highest BCUT2D eigenvalue weighted by Crippen LogP contribution is 2.28.